The summed E-state index contributed by atoms with van der Waals surface area (Å²) in [5.41, 5.74) is 2.08. The zero-order chi connectivity index (χ0) is 15.7. The van der Waals surface area contributed by atoms with Gasteiger partial charge in [-0.3, -0.25) is 4.79 Å². The van der Waals surface area contributed by atoms with Crippen LogP contribution in [0, 0.1) is 11.6 Å². The van der Waals surface area contributed by atoms with Crippen LogP contribution < -0.4 is 10.2 Å². The maximum Gasteiger partial charge on any atom is 0.246 e. The van der Waals surface area contributed by atoms with Crippen LogP contribution in [0.25, 0.3) is 0 Å². The van der Waals surface area contributed by atoms with Crippen molar-refractivity contribution >= 4 is 17.3 Å². The summed E-state index contributed by atoms with van der Waals surface area (Å²) in [5.74, 6) is -1.60. The highest BCUT2D eigenvalue weighted by Gasteiger charge is 2.27. The fraction of sp³-hybridized carbons (Fsp3) is 0.235. The lowest BCUT2D eigenvalue weighted by Crippen LogP contribution is -2.41. The molecule has 1 aliphatic heterocycles. The van der Waals surface area contributed by atoms with Gasteiger partial charge >= 0.3 is 0 Å². The molecule has 1 aliphatic rings. The molecule has 0 spiro atoms. The largest absolute Gasteiger partial charge is 0.359 e. The minimum absolute atomic E-state index is 0.135. The molecule has 3 nitrogen and oxygen atoms in total. The molecule has 1 amide bonds. The maximum absolute atomic E-state index is 13.6. The summed E-state index contributed by atoms with van der Waals surface area (Å²) < 4.78 is 26.8. The van der Waals surface area contributed by atoms with Gasteiger partial charge in [0.2, 0.25) is 5.91 Å². The number of para-hydroxylation sites is 1. The molecule has 5 heteroatoms. The van der Waals surface area contributed by atoms with Gasteiger partial charge in [-0.1, -0.05) is 18.2 Å². The maximum atomic E-state index is 13.6. The Balaban J connectivity index is 1.77. The first-order valence-corrected chi connectivity index (χ1v) is 7.17. The van der Waals surface area contributed by atoms with E-state index in [1.54, 1.807) is 6.92 Å². The van der Waals surface area contributed by atoms with Gasteiger partial charge < -0.3 is 10.2 Å². The summed E-state index contributed by atoms with van der Waals surface area (Å²) in [5, 5.41) is 2.46. The lowest BCUT2D eigenvalue weighted by Gasteiger charge is -2.26. The van der Waals surface area contributed by atoms with Gasteiger partial charge in [0.05, 0.1) is 5.69 Å². The van der Waals surface area contributed by atoms with E-state index in [2.05, 4.69) is 5.32 Å². The van der Waals surface area contributed by atoms with Gasteiger partial charge in [0, 0.05) is 18.3 Å². The quantitative estimate of drug-likeness (QED) is 0.943. The van der Waals surface area contributed by atoms with Gasteiger partial charge in [0.25, 0.3) is 0 Å². The van der Waals surface area contributed by atoms with Crippen LogP contribution in [0.15, 0.2) is 42.5 Å². The number of carbonyl (C=O) groups excluding carboxylic acids is 1. The van der Waals surface area contributed by atoms with Crippen molar-refractivity contribution < 1.29 is 13.6 Å². The monoisotopic (exact) mass is 302 g/mol. The van der Waals surface area contributed by atoms with Gasteiger partial charge in [-0.15, -0.1) is 0 Å². The summed E-state index contributed by atoms with van der Waals surface area (Å²) in [6, 6.07) is 10.4. The van der Waals surface area contributed by atoms with Crippen molar-refractivity contribution in [3.63, 3.8) is 0 Å². The van der Waals surface area contributed by atoms with Crippen LogP contribution >= 0.6 is 0 Å². The molecule has 0 radical (unpaired) electrons. The van der Waals surface area contributed by atoms with Crippen molar-refractivity contribution in [2.45, 2.75) is 19.4 Å². The van der Waals surface area contributed by atoms with Crippen molar-refractivity contribution in [2.24, 2.45) is 0 Å². The van der Waals surface area contributed by atoms with E-state index >= 15 is 0 Å². The second kappa shape index (κ2) is 5.75. The third kappa shape index (κ3) is 2.66. The van der Waals surface area contributed by atoms with Gasteiger partial charge in [-0.05, 0) is 37.1 Å². The number of nitrogens with one attached hydrogen (secondary N) is 1. The number of anilines is 2. The highest BCUT2D eigenvalue weighted by atomic mass is 19.1. The molecule has 0 unspecified atom stereocenters. The molecule has 2 aromatic carbocycles. The Morgan fingerprint density at radius 2 is 2.00 bits per heavy atom. The van der Waals surface area contributed by atoms with Crippen molar-refractivity contribution in [3.05, 3.63) is 59.7 Å². The average molecular weight is 302 g/mol. The fourth-order valence-electron chi connectivity index (χ4n) is 2.74. The molecule has 114 valence electrons. The predicted octanol–water partition coefficient (Wildman–Crippen LogP) is 3.35. The number of benzene rings is 2. The molecule has 1 heterocycles. The molecular formula is C17H16F2N2O. The van der Waals surface area contributed by atoms with Gasteiger partial charge in [-0.2, -0.15) is 0 Å². The number of nitrogens with zero attached hydrogens (tertiary/aromatic N) is 1. The smallest absolute Gasteiger partial charge is 0.246 e. The molecule has 0 aliphatic carbocycles. The minimum atomic E-state index is -0.649. The van der Waals surface area contributed by atoms with Crippen LogP contribution in [-0.4, -0.2) is 18.5 Å². The summed E-state index contributed by atoms with van der Waals surface area (Å²) >= 11 is 0. The third-order valence-electron chi connectivity index (χ3n) is 3.96. The minimum Gasteiger partial charge on any atom is -0.359 e. The van der Waals surface area contributed by atoms with E-state index < -0.39 is 17.7 Å². The fourth-order valence-corrected chi connectivity index (χ4v) is 2.74. The van der Waals surface area contributed by atoms with Crippen molar-refractivity contribution in [2.75, 3.05) is 16.8 Å². The summed E-state index contributed by atoms with van der Waals surface area (Å²) in [6.07, 6.45) is 0.877. The highest BCUT2D eigenvalue weighted by molar-refractivity contribution is 5.97. The van der Waals surface area contributed by atoms with E-state index in [1.165, 1.54) is 5.56 Å². The third-order valence-corrected chi connectivity index (χ3v) is 3.96. The van der Waals surface area contributed by atoms with Crippen LogP contribution in [0.3, 0.4) is 0 Å². The van der Waals surface area contributed by atoms with Gasteiger partial charge in [0.1, 0.15) is 17.7 Å². The normalized spacial score (nSPS) is 14.6. The first kappa shape index (κ1) is 14.5. The lowest BCUT2D eigenvalue weighted by molar-refractivity contribution is -0.117. The van der Waals surface area contributed by atoms with Gasteiger partial charge in [0.15, 0.2) is 0 Å². The van der Waals surface area contributed by atoms with Crippen LogP contribution in [-0.2, 0) is 11.2 Å². The number of hydrogen-bond donors (Lipinski definition) is 1. The molecule has 0 saturated heterocycles. The van der Waals surface area contributed by atoms with E-state index in [0.29, 0.717) is 0 Å². The lowest BCUT2D eigenvalue weighted by atomic mass is 10.1. The van der Waals surface area contributed by atoms with Crippen LogP contribution in [0.4, 0.5) is 20.2 Å². The second-order valence-corrected chi connectivity index (χ2v) is 5.36. The molecule has 1 atom stereocenters. The number of hydrogen-bond acceptors (Lipinski definition) is 2. The van der Waals surface area contributed by atoms with E-state index in [0.717, 1.165) is 36.9 Å². The average Bonchev–Trinajstić information content (AvgIpc) is 2.94. The summed E-state index contributed by atoms with van der Waals surface area (Å²) in [6.45, 7) is 2.49. The zero-order valence-corrected chi connectivity index (χ0v) is 12.1. The molecule has 0 bridgehead atoms. The SMILES string of the molecule is C[C@H](C(=O)Nc1cc(F)ccc1F)N1CCc2ccccc21. The number of carbonyl (C=O) groups is 1. The van der Waals surface area contributed by atoms with Crippen molar-refractivity contribution in [3.8, 4) is 0 Å². The molecule has 0 saturated carbocycles. The Morgan fingerprint density at radius 3 is 2.82 bits per heavy atom. The highest BCUT2D eigenvalue weighted by Crippen LogP contribution is 2.29. The van der Waals surface area contributed by atoms with E-state index in [-0.39, 0.29) is 11.6 Å². The van der Waals surface area contributed by atoms with Crippen molar-refractivity contribution in [1.82, 2.24) is 0 Å². The van der Waals surface area contributed by atoms with Crippen LogP contribution in [0.1, 0.15) is 12.5 Å². The second-order valence-electron chi connectivity index (χ2n) is 5.36. The first-order valence-electron chi connectivity index (χ1n) is 7.17. The van der Waals surface area contributed by atoms with Gasteiger partial charge in [-0.25, -0.2) is 8.78 Å². The molecule has 1 N–H and O–H groups in total. The number of amides is 1. The van der Waals surface area contributed by atoms with Crippen LogP contribution in [0.2, 0.25) is 0 Å². The molecule has 22 heavy (non-hydrogen) atoms. The Kier molecular flexibility index (Phi) is 3.79. The Labute approximate surface area is 127 Å². The van der Waals surface area contributed by atoms with E-state index in [4.69, 9.17) is 0 Å². The molecule has 3 rings (SSSR count). The number of fused-ring (bicyclic) bond motifs is 1. The Hall–Kier alpha value is -2.43. The number of halogens is 2. The van der Waals surface area contributed by atoms with E-state index in [1.807, 2.05) is 29.2 Å². The molecule has 0 aromatic heterocycles. The van der Waals surface area contributed by atoms with Crippen molar-refractivity contribution in [1.29, 1.82) is 0 Å². The molecule has 0 fully saturated rings. The standard InChI is InChI=1S/C17H16F2N2O/c1-11(21-9-8-12-4-2-3-5-16(12)21)17(22)20-15-10-13(18)6-7-14(15)19/h2-7,10-11H,8-9H2,1H3,(H,20,22)/t11-/m1/s1. The predicted molar refractivity (Wildman–Crippen MR) is 81.9 cm³/mol. The van der Waals surface area contributed by atoms with E-state index in [9.17, 15) is 13.6 Å². The Morgan fingerprint density at radius 1 is 1.23 bits per heavy atom. The Bertz CT molecular complexity index is 718. The molecule has 2 aromatic rings. The first-order chi connectivity index (χ1) is 10.6. The topological polar surface area (TPSA) is 32.3 Å². The summed E-state index contributed by atoms with van der Waals surface area (Å²) in [4.78, 5) is 14.3. The zero-order valence-electron chi connectivity index (χ0n) is 12.1. The van der Waals surface area contributed by atoms with Crippen LogP contribution in [0.5, 0.6) is 0 Å². The number of rotatable bonds is 3. The molecular weight excluding hydrogens is 286 g/mol. The summed E-state index contributed by atoms with van der Waals surface area (Å²) in [7, 11) is 0.